The summed E-state index contributed by atoms with van der Waals surface area (Å²) in [5.74, 6) is 0.542. The van der Waals surface area contributed by atoms with E-state index in [-0.39, 0.29) is 16.1 Å². The Morgan fingerprint density at radius 3 is 2.85 bits per heavy atom. The zero-order chi connectivity index (χ0) is 14.2. The van der Waals surface area contributed by atoms with Gasteiger partial charge in [0, 0.05) is 26.7 Å². The number of nitro groups is 1. The van der Waals surface area contributed by atoms with Gasteiger partial charge in [0.1, 0.15) is 6.20 Å². The first-order valence-electron chi connectivity index (χ1n) is 7.29. The zero-order valence-electron chi connectivity index (χ0n) is 11.8. The molecule has 2 aliphatic rings. The van der Waals surface area contributed by atoms with Crippen molar-refractivity contribution in [1.82, 2.24) is 15.1 Å². The van der Waals surface area contributed by atoms with Crippen LogP contribution in [0.5, 0.6) is 0 Å². The maximum Gasteiger partial charge on any atom is 0.330 e. The van der Waals surface area contributed by atoms with E-state index in [0.717, 1.165) is 32.5 Å². The second-order valence-electron chi connectivity index (χ2n) is 5.88. The summed E-state index contributed by atoms with van der Waals surface area (Å²) in [6.45, 7) is 2.55. The quantitative estimate of drug-likeness (QED) is 0.655. The maximum atomic E-state index is 11.3. The van der Waals surface area contributed by atoms with Gasteiger partial charge < -0.3 is 10.2 Å². The van der Waals surface area contributed by atoms with E-state index in [1.807, 2.05) is 0 Å². The van der Waals surface area contributed by atoms with Gasteiger partial charge in [-0.1, -0.05) is 19.3 Å². The van der Waals surface area contributed by atoms with E-state index in [1.54, 1.807) is 11.7 Å². The number of hydrogen-bond donors (Lipinski definition) is 1. The van der Waals surface area contributed by atoms with Crippen LogP contribution in [0.15, 0.2) is 6.20 Å². The molecule has 2 heterocycles. The third-order valence-electron chi connectivity index (χ3n) is 4.57. The summed E-state index contributed by atoms with van der Waals surface area (Å²) in [5.41, 5.74) is 0.134. The van der Waals surface area contributed by atoms with Crippen LogP contribution >= 0.6 is 0 Å². The van der Waals surface area contributed by atoms with E-state index < -0.39 is 0 Å². The van der Waals surface area contributed by atoms with Crippen molar-refractivity contribution in [3.63, 3.8) is 0 Å². The number of rotatable bonds is 2. The Balaban J connectivity index is 1.99. The molecule has 1 aliphatic heterocycles. The van der Waals surface area contributed by atoms with E-state index >= 15 is 0 Å². The molecule has 20 heavy (non-hydrogen) atoms. The lowest BCUT2D eigenvalue weighted by Crippen LogP contribution is -2.62. The number of aryl methyl sites for hydroxylation is 1. The summed E-state index contributed by atoms with van der Waals surface area (Å²) < 4.78 is 1.55. The van der Waals surface area contributed by atoms with Crippen molar-refractivity contribution >= 4 is 11.5 Å². The molecule has 110 valence electrons. The lowest BCUT2D eigenvalue weighted by atomic mass is 9.79. The second kappa shape index (κ2) is 5.05. The van der Waals surface area contributed by atoms with Gasteiger partial charge in [-0.3, -0.25) is 14.8 Å². The molecule has 0 aromatic carbocycles. The molecule has 1 aromatic rings. The Hall–Kier alpha value is -1.63. The average molecular weight is 279 g/mol. The summed E-state index contributed by atoms with van der Waals surface area (Å²) in [5, 5.41) is 19.1. The normalized spacial score (nSPS) is 22.1. The standard InChI is InChI=1S/C13H21N5O2/c1-16-9-11(18(19)20)12(15-16)17-8-7-14-10-13(17)5-3-2-4-6-13/h9,14H,2-8,10H2,1H3. The SMILES string of the molecule is Cn1cc([N+](=O)[O-])c(N2CCNCC23CCCCC3)n1. The highest BCUT2D eigenvalue weighted by molar-refractivity contribution is 5.59. The summed E-state index contributed by atoms with van der Waals surface area (Å²) in [4.78, 5) is 13.1. The fourth-order valence-corrected chi connectivity index (χ4v) is 3.62. The van der Waals surface area contributed by atoms with Crippen molar-refractivity contribution in [2.45, 2.75) is 37.6 Å². The van der Waals surface area contributed by atoms with E-state index in [0.29, 0.717) is 5.82 Å². The van der Waals surface area contributed by atoms with Gasteiger partial charge in [0.15, 0.2) is 0 Å². The van der Waals surface area contributed by atoms with Crippen molar-refractivity contribution < 1.29 is 4.92 Å². The largest absolute Gasteiger partial charge is 0.341 e. The minimum Gasteiger partial charge on any atom is -0.341 e. The molecule has 7 nitrogen and oxygen atoms in total. The first-order chi connectivity index (χ1) is 9.62. The first kappa shape index (κ1) is 13.4. The number of anilines is 1. The second-order valence-corrected chi connectivity index (χ2v) is 5.88. The Morgan fingerprint density at radius 2 is 2.15 bits per heavy atom. The summed E-state index contributed by atoms with van der Waals surface area (Å²) >= 11 is 0. The Morgan fingerprint density at radius 1 is 1.40 bits per heavy atom. The summed E-state index contributed by atoms with van der Waals surface area (Å²) in [7, 11) is 1.74. The van der Waals surface area contributed by atoms with Gasteiger partial charge in [0.2, 0.25) is 5.82 Å². The predicted octanol–water partition coefficient (Wildman–Crippen LogP) is 1.44. The molecule has 0 bridgehead atoms. The minimum absolute atomic E-state index is 0.00954. The van der Waals surface area contributed by atoms with E-state index in [4.69, 9.17) is 0 Å². The molecule has 0 radical (unpaired) electrons. The van der Waals surface area contributed by atoms with Gasteiger partial charge in [-0.05, 0) is 12.8 Å². The molecule has 0 unspecified atom stereocenters. The minimum atomic E-state index is -0.319. The van der Waals surface area contributed by atoms with Crippen LogP contribution in [0.25, 0.3) is 0 Å². The van der Waals surface area contributed by atoms with Crippen molar-refractivity contribution in [1.29, 1.82) is 0 Å². The number of piperazine rings is 1. The monoisotopic (exact) mass is 279 g/mol. The highest BCUT2D eigenvalue weighted by Gasteiger charge is 2.43. The molecule has 0 atom stereocenters. The molecule has 7 heteroatoms. The van der Waals surface area contributed by atoms with E-state index in [9.17, 15) is 10.1 Å². The highest BCUT2D eigenvalue weighted by Crippen LogP contribution is 2.40. The van der Waals surface area contributed by atoms with Crippen LogP contribution in [-0.4, -0.2) is 39.9 Å². The van der Waals surface area contributed by atoms with Crippen LogP contribution < -0.4 is 10.2 Å². The third kappa shape index (κ3) is 2.15. The van der Waals surface area contributed by atoms with Gasteiger partial charge in [-0.2, -0.15) is 0 Å². The lowest BCUT2D eigenvalue weighted by Gasteiger charge is -2.49. The third-order valence-corrected chi connectivity index (χ3v) is 4.57. The molecule has 1 saturated carbocycles. The van der Waals surface area contributed by atoms with E-state index in [1.165, 1.54) is 25.5 Å². The fourth-order valence-electron chi connectivity index (χ4n) is 3.62. The van der Waals surface area contributed by atoms with Gasteiger partial charge in [0.05, 0.1) is 10.5 Å². The van der Waals surface area contributed by atoms with Gasteiger partial charge in [0.25, 0.3) is 0 Å². The molecule has 2 fully saturated rings. The number of aromatic nitrogens is 2. The molecule has 1 spiro atoms. The van der Waals surface area contributed by atoms with Crippen LogP contribution in [0, 0.1) is 10.1 Å². The van der Waals surface area contributed by atoms with Crippen molar-refractivity contribution in [2.75, 3.05) is 24.5 Å². The molecule has 1 aromatic heterocycles. The molecule has 1 aliphatic carbocycles. The summed E-state index contributed by atoms with van der Waals surface area (Å²) in [6, 6.07) is 0. The number of nitrogens with zero attached hydrogens (tertiary/aromatic N) is 4. The number of nitrogens with one attached hydrogen (secondary N) is 1. The number of hydrogen-bond acceptors (Lipinski definition) is 5. The maximum absolute atomic E-state index is 11.3. The zero-order valence-corrected chi connectivity index (χ0v) is 11.8. The molecule has 1 N–H and O–H groups in total. The van der Waals surface area contributed by atoms with Crippen LogP contribution in [0.4, 0.5) is 11.5 Å². The van der Waals surface area contributed by atoms with Gasteiger partial charge in [-0.15, -0.1) is 5.10 Å². The van der Waals surface area contributed by atoms with Gasteiger partial charge >= 0.3 is 5.69 Å². The molecule has 1 saturated heterocycles. The van der Waals surface area contributed by atoms with Crippen LogP contribution in [0.3, 0.4) is 0 Å². The Kier molecular flexibility index (Phi) is 3.37. The molecular weight excluding hydrogens is 258 g/mol. The summed E-state index contributed by atoms with van der Waals surface area (Å²) in [6.07, 6.45) is 7.34. The van der Waals surface area contributed by atoms with Crippen LogP contribution in [0.2, 0.25) is 0 Å². The Bertz CT molecular complexity index is 499. The fraction of sp³-hybridized carbons (Fsp3) is 0.769. The smallest absolute Gasteiger partial charge is 0.330 e. The van der Waals surface area contributed by atoms with Crippen molar-refractivity contribution in [3.8, 4) is 0 Å². The van der Waals surface area contributed by atoms with Crippen LogP contribution in [0.1, 0.15) is 32.1 Å². The predicted molar refractivity (Wildman–Crippen MR) is 75.9 cm³/mol. The highest BCUT2D eigenvalue weighted by atomic mass is 16.6. The van der Waals surface area contributed by atoms with Gasteiger partial charge in [-0.25, -0.2) is 0 Å². The molecular formula is C13H21N5O2. The lowest BCUT2D eigenvalue weighted by molar-refractivity contribution is -0.384. The molecule has 0 amide bonds. The topological polar surface area (TPSA) is 76.2 Å². The van der Waals surface area contributed by atoms with E-state index in [2.05, 4.69) is 15.3 Å². The Labute approximate surface area is 118 Å². The molecule has 3 rings (SSSR count). The van der Waals surface area contributed by atoms with Crippen molar-refractivity contribution in [3.05, 3.63) is 16.3 Å². The average Bonchev–Trinajstić information content (AvgIpc) is 2.82. The van der Waals surface area contributed by atoms with Crippen molar-refractivity contribution in [2.24, 2.45) is 7.05 Å². The van der Waals surface area contributed by atoms with Crippen LogP contribution in [-0.2, 0) is 7.05 Å². The first-order valence-corrected chi connectivity index (χ1v) is 7.29.